The Kier molecular flexibility index (Phi) is 6.63. The number of carbonyl (C=O) groups is 1. The van der Waals surface area contributed by atoms with E-state index in [0.29, 0.717) is 38.4 Å². The van der Waals surface area contributed by atoms with Crippen molar-refractivity contribution in [3.63, 3.8) is 0 Å². The fourth-order valence-corrected chi connectivity index (χ4v) is 3.46. The Labute approximate surface area is 156 Å². The van der Waals surface area contributed by atoms with Gasteiger partial charge in [0.05, 0.1) is 5.56 Å². The molecule has 5 nitrogen and oxygen atoms in total. The van der Waals surface area contributed by atoms with Crippen LogP contribution in [-0.2, 0) is 12.7 Å². The van der Waals surface area contributed by atoms with Crippen molar-refractivity contribution in [2.45, 2.75) is 25.6 Å². The number of piperazine rings is 1. The molecular formula is C17H23ClF3N3O2. The van der Waals surface area contributed by atoms with E-state index in [-0.39, 0.29) is 12.4 Å². The molecule has 2 fully saturated rings. The van der Waals surface area contributed by atoms with Crippen molar-refractivity contribution < 1.29 is 23.1 Å². The molecule has 0 unspecified atom stereocenters. The minimum absolute atomic E-state index is 0. The summed E-state index contributed by atoms with van der Waals surface area (Å²) in [4.78, 5) is 16.5. The topological polar surface area (TPSA) is 47.0 Å². The standard InChI is InChI=1S/C17H22F3N3O2.ClH/c18-17(19,20)14-4-3-13(15(11-14)22-5-1-2-6-22)12-21-7-9-23(10-8-21)16(24)25;/h3-4,11H,1-2,5-10,12H2,(H,24,25);1H. The van der Waals surface area contributed by atoms with Gasteiger partial charge < -0.3 is 14.9 Å². The van der Waals surface area contributed by atoms with Gasteiger partial charge in [-0.2, -0.15) is 13.2 Å². The number of hydrogen-bond donors (Lipinski definition) is 1. The second-order valence-electron chi connectivity index (χ2n) is 6.58. The molecule has 146 valence electrons. The monoisotopic (exact) mass is 393 g/mol. The largest absolute Gasteiger partial charge is 0.465 e. The molecule has 26 heavy (non-hydrogen) atoms. The zero-order valence-electron chi connectivity index (χ0n) is 14.3. The van der Waals surface area contributed by atoms with Crippen LogP contribution >= 0.6 is 12.4 Å². The number of alkyl halides is 3. The predicted molar refractivity (Wildman–Crippen MR) is 95.0 cm³/mol. The summed E-state index contributed by atoms with van der Waals surface area (Å²) >= 11 is 0. The molecule has 9 heteroatoms. The first kappa shape index (κ1) is 20.6. The fourth-order valence-electron chi connectivity index (χ4n) is 3.46. The summed E-state index contributed by atoms with van der Waals surface area (Å²) in [5.74, 6) is 0. The van der Waals surface area contributed by atoms with Gasteiger partial charge >= 0.3 is 12.3 Å². The minimum atomic E-state index is -4.35. The van der Waals surface area contributed by atoms with Crippen molar-refractivity contribution >= 4 is 24.2 Å². The van der Waals surface area contributed by atoms with E-state index in [2.05, 4.69) is 4.90 Å². The molecule has 0 aromatic heterocycles. The van der Waals surface area contributed by atoms with Gasteiger partial charge in [0, 0.05) is 51.5 Å². The highest BCUT2D eigenvalue weighted by molar-refractivity contribution is 5.85. The lowest BCUT2D eigenvalue weighted by atomic mass is 10.1. The summed E-state index contributed by atoms with van der Waals surface area (Å²) in [6, 6.07) is 3.97. The Morgan fingerprint density at radius 1 is 1.04 bits per heavy atom. The third-order valence-corrected chi connectivity index (χ3v) is 4.90. The highest BCUT2D eigenvalue weighted by Gasteiger charge is 2.32. The van der Waals surface area contributed by atoms with Crippen LogP contribution < -0.4 is 4.90 Å². The number of halogens is 4. The summed E-state index contributed by atoms with van der Waals surface area (Å²) in [5.41, 5.74) is 0.917. The van der Waals surface area contributed by atoms with Crippen LogP contribution in [-0.4, -0.2) is 60.3 Å². The van der Waals surface area contributed by atoms with E-state index >= 15 is 0 Å². The van der Waals surface area contributed by atoms with E-state index in [1.807, 2.05) is 4.90 Å². The number of amides is 1. The van der Waals surface area contributed by atoms with Gasteiger partial charge in [0.1, 0.15) is 0 Å². The molecule has 1 aromatic carbocycles. The lowest BCUT2D eigenvalue weighted by Crippen LogP contribution is -2.47. The molecular weight excluding hydrogens is 371 g/mol. The smallest absolute Gasteiger partial charge is 0.416 e. The second-order valence-corrected chi connectivity index (χ2v) is 6.58. The molecule has 1 N–H and O–H groups in total. The molecule has 2 saturated heterocycles. The number of nitrogens with zero attached hydrogens (tertiary/aromatic N) is 3. The van der Waals surface area contributed by atoms with Crippen molar-refractivity contribution in [2.75, 3.05) is 44.2 Å². The maximum absolute atomic E-state index is 13.1. The average molecular weight is 394 g/mol. The highest BCUT2D eigenvalue weighted by atomic mass is 35.5. The van der Waals surface area contributed by atoms with Crippen molar-refractivity contribution in [2.24, 2.45) is 0 Å². The van der Waals surface area contributed by atoms with Gasteiger partial charge in [-0.15, -0.1) is 12.4 Å². The lowest BCUT2D eigenvalue weighted by Gasteiger charge is -2.34. The van der Waals surface area contributed by atoms with Crippen LogP contribution in [0.15, 0.2) is 18.2 Å². The summed E-state index contributed by atoms with van der Waals surface area (Å²) in [5, 5.41) is 9.00. The molecule has 2 aliphatic heterocycles. The first-order valence-electron chi connectivity index (χ1n) is 8.50. The maximum atomic E-state index is 13.1. The molecule has 0 saturated carbocycles. The van der Waals surface area contributed by atoms with Crippen molar-refractivity contribution in [1.82, 2.24) is 9.80 Å². The number of hydrogen-bond acceptors (Lipinski definition) is 3. The van der Waals surface area contributed by atoms with Gasteiger partial charge in [0.15, 0.2) is 0 Å². The quantitative estimate of drug-likeness (QED) is 0.853. The summed E-state index contributed by atoms with van der Waals surface area (Å²) in [6.45, 7) is 4.13. The molecule has 1 aromatic rings. The molecule has 0 bridgehead atoms. The molecule has 0 radical (unpaired) electrons. The predicted octanol–water partition coefficient (Wildman–Crippen LogP) is 3.52. The van der Waals surface area contributed by atoms with Crippen LogP contribution in [0.3, 0.4) is 0 Å². The van der Waals surface area contributed by atoms with E-state index < -0.39 is 17.8 Å². The zero-order chi connectivity index (χ0) is 18.0. The Bertz CT molecular complexity index is 628. The lowest BCUT2D eigenvalue weighted by molar-refractivity contribution is -0.137. The maximum Gasteiger partial charge on any atom is 0.416 e. The number of rotatable bonds is 3. The molecule has 3 rings (SSSR count). The van der Waals surface area contributed by atoms with E-state index in [4.69, 9.17) is 5.11 Å². The van der Waals surface area contributed by atoms with Gasteiger partial charge in [-0.3, -0.25) is 4.90 Å². The minimum Gasteiger partial charge on any atom is -0.465 e. The molecule has 2 aliphatic rings. The van der Waals surface area contributed by atoms with Crippen LogP contribution in [0, 0.1) is 0 Å². The Balaban J connectivity index is 0.00000243. The Morgan fingerprint density at radius 2 is 1.65 bits per heavy atom. The van der Waals surface area contributed by atoms with E-state index in [0.717, 1.165) is 37.6 Å². The average Bonchev–Trinajstić information content (AvgIpc) is 3.09. The fraction of sp³-hybridized carbons (Fsp3) is 0.588. The van der Waals surface area contributed by atoms with Crippen molar-refractivity contribution in [1.29, 1.82) is 0 Å². The van der Waals surface area contributed by atoms with E-state index in [1.54, 1.807) is 6.07 Å². The van der Waals surface area contributed by atoms with Gasteiger partial charge in [0.25, 0.3) is 0 Å². The Hall–Kier alpha value is -1.67. The van der Waals surface area contributed by atoms with Crippen molar-refractivity contribution in [3.8, 4) is 0 Å². The van der Waals surface area contributed by atoms with Crippen LogP contribution in [0.25, 0.3) is 0 Å². The molecule has 0 aliphatic carbocycles. The first-order valence-corrected chi connectivity index (χ1v) is 8.50. The van der Waals surface area contributed by atoms with Gasteiger partial charge in [-0.1, -0.05) is 6.07 Å². The third-order valence-electron chi connectivity index (χ3n) is 4.90. The first-order chi connectivity index (χ1) is 11.8. The highest BCUT2D eigenvalue weighted by Crippen LogP contribution is 2.35. The van der Waals surface area contributed by atoms with Gasteiger partial charge in [0.2, 0.25) is 0 Å². The van der Waals surface area contributed by atoms with Crippen LogP contribution in [0.1, 0.15) is 24.0 Å². The summed E-state index contributed by atoms with van der Waals surface area (Å²) in [6.07, 6.45) is -3.29. The van der Waals surface area contributed by atoms with Crippen LogP contribution in [0.4, 0.5) is 23.7 Å². The van der Waals surface area contributed by atoms with E-state index in [1.165, 1.54) is 11.0 Å². The zero-order valence-corrected chi connectivity index (χ0v) is 15.2. The molecule has 0 spiro atoms. The number of benzene rings is 1. The molecule has 0 atom stereocenters. The van der Waals surface area contributed by atoms with Crippen LogP contribution in [0.5, 0.6) is 0 Å². The van der Waals surface area contributed by atoms with E-state index in [9.17, 15) is 18.0 Å². The molecule has 2 heterocycles. The normalized spacial score (nSPS) is 18.7. The van der Waals surface area contributed by atoms with Gasteiger partial charge in [-0.25, -0.2) is 4.79 Å². The number of carboxylic acid groups (broad SMARTS) is 1. The number of anilines is 1. The third kappa shape index (κ3) is 4.73. The second kappa shape index (κ2) is 8.35. The van der Waals surface area contributed by atoms with Crippen molar-refractivity contribution in [3.05, 3.63) is 29.3 Å². The molecule has 1 amide bonds. The SMILES string of the molecule is Cl.O=C(O)N1CCN(Cc2ccc(C(F)(F)F)cc2N2CCCC2)CC1. The summed E-state index contributed by atoms with van der Waals surface area (Å²) in [7, 11) is 0. The summed E-state index contributed by atoms with van der Waals surface area (Å²) < 4.78 is 39.2. The Morgan fingerprint density at radius 3 is 2.19 bits per heavy atom. The van der Waals surface area contributed by atoms with Crippen LogP contribution in [0.2, 0.25) is 0 Å². The van der Waals surface area contributed by atoms with Gasteiger partial charge in [-0.05, 0) is 30.5 Å².